The smallest absolute Gasteiger partial charge is 0.383 e. The molecule has 0 aliphatic carbocycles. The Kier molecular flexibility index (Phi) is 5.61. The van der Waals surface area contributed by atoms with Crippen LogP contribution >= 0.6 is 0 Å². The molecule has 0 aromatic rings. The molecule has 1 rings (SSSR count). The Morgan fingerprint density at radius 3 is 2.53 bits per heavy atom. The predicted octanol–water partition coefficient (Wildman–Crippen LogP) is 1.41. The zero-order valence-electron chi connectivity index (χ0n) is 11.5. The summed E-state index contributed by atoms with van der Waals surface area (Å²) in [4.78, 5) is 13.6. The Morgan fingerprint density at radius 1 is 1.47 bits per heavy atom. The van der Waals surface area contributed by atoms with Crippen LogP contribution in [-0.2, 0) is 9.53 Å². The number of ether oxygens (including phenoxy) is 1. The largest absolute Gasteiger partial charge is 0.393 e. The number of nitrogens with one attached hydrogen (secondary N) is 1. The van der Waals surface area contributed by atoms with Crippen molar-refractivity contribution in [2.45, 2.75) is 38.0 Å². The third kappa shape index (κ3) is 4.35. The number of carbonyl (C=O) groups is 1. The molecule has 0 bridgehead atoms. The van der Waals surface area contributed by atoms with Crippen LogP contribution in [0.1, 0.15) is 19.8 Å². The number of carbonyl (C=O) groups excluding carboxylic acids is 1. The van der Waals surface area contributed by atoms with Gasteiger partial charge in [-0.1, -0.05) is 0 Å². The molecule has 1 aliphatic rings. The predicted molar refractivity (Wildman–Crippen MR) is 64.7 cm³/mol. The first-order chi connectivity index (χ1) is 8.77. The number of nitrogens with zero attached hydrogens (tertiary/aromatic N) is 1. The summed E-state index contributed by atoms with van der Waals surface area (Å²) >= 11 is 0. The summed E-state index contributed by atoms with van der Waals surface area (Å²) in [5.41, 5.74) is 0. The van der Waals surface area contributed by atoms with Crippen LogP contribution in [0.3, 0.4) is 0 Å². The Labute approximate surface area is 111 Å². The van der Waals surface area contributed by atoms with Crippen LogP contribution in [0.4, 0.5) is 13.2 Å². The van der Waals surface area contributed by atoms with Crippen molar-refractivity contribution in [3.63, 3.8) is 0 Å². The standard InChI is InChI=1S/C12H21F3N2O2/c1-8(7-19-3)17(2)11(18)10-5-4-9(6-16-10)12(13,14)15/h8-10,16H,4-7H2,1-3H3. The molecular formula is C12H21F3N2O2. The van der Waals surface area contributed by atoms with Gasteiger partial charge in [0.15, 0.2) is 0 Å². The van der Waals surface area contributed by atoms with Crippen molar-refractivity contribution in [2.24, 2.45) is 5.92 Å². The third-order valence-corrected chi connectivity index (χ3v) is 3.59. The van der Waals surface area contributed by atoms with E-state index in [0.29, 0.717) is 6.61 Å². The molecule has 0 aromatic heterocycles. The van der Waals surface area contributed by atoms with Crippen LogP contribution in [0, 0.1) is 5.92 Å². The van der Waals surface area contributed by atoms with Crippen molar-refractivity contribution in [1.82, 2.24) is 10.2 Å². The molecule has 0 saturated carbocycles. The Hall–Kier alpha value is -0.820. The molecule has 3 atom stereocenters. The number of methoxy groups -OCH3 is 1. The number of amides is 1. The number of hydrogen-bond acceptors (Lipinski definition) is 3. The van der Waals surface area contributed by atoms with Crippen LogP contribution in [0.15, 0.2) is 0 Å². The van der Waals surface area contributed by atoms with E-state index in [9.17, 15) is 18.0 Å². The molecule has 0 aromatic carbocycles. The Morgan fingerprint density at radius 2 is 2.11 bits per heavy atom. The van der Waals surface area contributed by atoms with Crippen molar-refractivity contribution in [2.75, 3.05) is 27.3 Å². The first kappa shape index (κ1) is 16.2. The summed E-state index contributed by atoms with van der Waals surface area (Å²) in [5, 5.41) is 2.70. The fourth-order valence-electron chi connectivity index (χ4n) is 2.16. The number of halogens is 3. The SMILES string of the molecule is COCC(C)N(C)C(=O)C1CCC(C(F)(F)F)CN1. The molecule has 1 amide bonds. The quantitative estimate of drug-likeness (QED) is 0.847. The van der Waals surface area contributed by atoms with Crippen LogP contribution < -0.4 is 5.32 Å². The molecule has 19 heavy (non-hydrogen) atoms. The fraction of sp³-hybridized carbons (Fsp3) is 0.917. The van der Waals surface area contributed by atoms with Crippen LogP contribution in [0.5, 0.6) is 0 Å². The lowest BCUT2D eigenvalue weighted by Gasteiger charge is -2.34. The zero-order chi connectivity index (χ0) is 14.6. The molecule has 1 aliphatic heterocycles. The highest BCUT2D eigenvalue weighted by atomic mass is 19.4. The van der Waals surface area contributed by atoms with Gasteiger partial charge in [0.1, 0.15) is 0 Å². The van der Waals surface area contributed by atoms with Gasteiger partial charge in [0.05, 0.1) is 24.6 Å². The highest BCUT2D eigenvalue weighted by Gasteiger charge is 2.42. The van der Waals surface area contributed by atoms with Gasteiger partial charge in [0.25, 0.3) is 0 Å². The van der Waals surface area contributed by atoms with Gasteiger partial charge in [0.2, 0.25) is 5.91 Å². The van der Waals surface area contributed by atoms with Crippen LogP contribution in [0.25, 0.3) is 0 Å². The van der Waals surface area contributed by atoms with Gasteiger partial charge in [-0.25, -0.2) is 0 Å². The second-order valence-electron chi connectivity index (χ2n) is 5.03. The molecule has 3 unspecified atom stereocenters. The van der Waals surface area contributed by atoms with Crippen LogP contribution in [-0.4, -0.2) is 56.4 Å². The maximum absolute atomic E-state index is 12.5. The van der Waals surface area contributed by atoms with Gasteiger partial charge in [-0.15, -0.1) is 0 Å². The molecule has 4 nitrogen and oxygen atoms in total. The molecule has 7 heteroatoms. The van der Waals surface area contributed by atoms with E-state index in [-0.39, 0.29) is 31.3 Å². The topological polar surface area (TPSA) is 41.6 Å². The van der Waals surface area contributed by atoms with Crippen molar-refractivity contribution < 1.29 is 22.7 Å². The second kappa shape index (κ2) is 6.56. The minimum Gasteiger partial charge on any atom is -0.383 e. The second-order valence-corrected chi connectivity index (χ2v) is 5.03. The first-order valence-corrected chi connectivity index (χ1v) is 6.33. The van der Waals surface area contributed by atoms with Crippen molar-refractivity contribution in [1.29, 1.82) is 0 Å². The number of piperidine rings is 1. The monoisotopic (exact) mass is 282 g/mol. The van der Waals surface area contributed by atoms with E-state index in [0.717, 1.165) is 0 Å². The summed E-state index contributed by atoms with van der Waals surface area (Å²) in [6.07, 6.45) is -3.97. The summed E-state index contributed by atoms with van der Waals surface area (Å²) in [7, 11) is 3.19. The van der Waals surface area contributed by atoms with Crippen molar-refractivity contribution in [3.05, 3.63) is 0 Å². The highest BCUT2D eigenvalue weighted by molar-refractivity contribution is 5.82. The van der Waals surface area contributed by atoms with Gasteiger partial charge < -0.3 is 15.0 Å². The molecule has 1 fully saturated rings. The Bertz CT molecular complexity index is 302. The normalized spacial score (nSPS) is 26.0. The average Bonchev–Trinajstić information content (AvgIpc) is 2.36. The minimum atomic E-state index is -4.18. The molecule has 112 valence electrons. The third-order valence-electron chi connectivity index (χ3n) is 3.59. The van der Waals surface area contributed by atoms with Gasteiger partial charge in [0, 0.05) is 20.7 Å². The Balaban J connectivity index is 2.49. The van der Waals surface area contributed by atoms with Gasteiger partial charge in [-0.2, -0.15) is 13.2 Å². The fourth-order valence-corrected chi connectivity index (χ4v) is 2.16. The minimum absolute atomic E-state index is 0.000590. The maximum Gasteiger partial charge on any atom is 0.393 e. The maximum atomic E-state index is 12.5. The summed E-state index contributed by atoms with van der Waals surface area (Å²) in [6.45, 7) is 2.05. The molecule has 0 radical (unpaired) electrons. The van der Waals surface area contributed by atoms with E-state index in [1.807, 2.05) is 6.92 Å². The van der Waals surface area contributed by atoms with E-state index >= 15 is 0 Å². The average molecular weight is 282 g/mol. The highest BCUT2D eigenvalue weighted by Crippen LogP contribution is 2.32. The lowest BCUT2D eigenvalue weighted by atomic mass is 9.93. The van der Waals surface area contributed by atoms with E-state index in [1.165, 1.54) is 4.90 Å². The van der Waals surface area contributed by atoms with E-state index in [1.54, 1.807) is 14.2 Å². The molecule has 1 saturated heterocycles. The summed E-state index contributed by atoms with van der Waals surface area (Å²) in [5.74, 6) is -1.52. The lowest BCUT2D eigenvalue weighted by Crippen LogP contribution is -2.53. The van der Waals surface area contributed by atoms with Crippen LogP contribution in [0.2, 0.25) is 0 Å². The molecule has 0 spiro atoms. The van der Waals surface area contributed by atoms with E-state index < -0.39 is 18.1 Å². The number of alkyl halides is 3. The summed E-state index contributed by atoms with van der Waals surface area (Å²) in [6, 6.07) is -0.623. The number of rotatable bonds is 4. The van der Waals surface area contributed by atoms with Gasteiger partial charge >= 0.3 is 6.18 Å². The zero-order valence-corrected chi connectivity index (χ0v) is 11.5. The van der Waals surface area contributed by atoms with Gasteiger partial charge in [-0.05, 0) is 19.8 Å². The van der Waals surface area contributed by atoms with Gasteiger partial charge in [-0.3, -0.25) is 4.79 Å². The van der Waals surface area contributed by atoms with Crippen molar-refractivity contribution >= 4 is 5.91 Å². The first-order valence-electron chi connectivity index (χ1n) is 6.33. The van der Waals surface area contributed by atoms with E-state index in [4.69, 9.17) is 4.74 Å². The lowest BCUT2D eigenvalue weighted by molar-refractivity contribution is -0.180. The molecular weight excluding hydrogens is 261 g/mol. The van der Waals surface area contributed by atoms with Crippen molar-refractivity contribution in [3.8, 4) is 0 Å². The van der Waals surface area contributed by atoms with E-state index in [2.05, 4.69) is 5.32 Å². The number of hydrogen-bond donors (Lipinski definition) is 1. The summed E-state index contributed by atoms with van der Waals surface area (Å²) < 4.78 is 42.5. The molecule has 1 heterocycles. The number of likely N-dealkylation sites (N-methyl/N-ethyl adjacent to an activating group) is 1. The molecule has 1 N–H and O–H groups in total.